The number of carbonyl (C=O) groups is 2. The molecule has 0 rings (SSSR count). The Bertz CT molecular complexity index is 222. The lowest BCUT2D eigenvalue weighted by atomic mass is 10.3. The third-order valence-corrected chi connectivity index (χ3v) is 1.70. The third kappa shape index (κ3) is 8.01. The highest BCUT2D eigenvalue weighted by atomic mass is 16.5. The molecule has 0 aromatic rings. The van der Waals surface area contributed by atoms with Crippen molar-refractivity contribution in [1.82, 2.24) is 10.6 Å². The van der Waals surface area contributed by atoms with E-state index in [1.807, 2.05) is 6.92 Å². The molecule has 4 N–H and O–H groups in total. The molecule has 0 aliphatic carbocycles. The van der Waals surface area contributed by atoms with Crippen molar-refractivity contribution < 1.29 is 24.5 Å². The van der Waals surface area contributed by atoms with Gasteiger partial charge >= 0.3 is 12.0 Å². The van der Waals surface area contributed by atoms with Gasteiger partial charge in [-0.1, -0.05) is 0 Å². The van der Waals surface area contributed by atoms with Gasteiger partial charge in [0.2, 0.25) is 0 Å². The molecular formula is C9H18N2O5. The molecule has 1 atom stereocenters. The first-order valence-electron chi connectivity index (χ1n) is 5.08. The first kappa shape index (κ1) is 14.7. The molecule has 94 valence electrons. The average molecular weight is 234 g/mol. The van der Waals surface area contributed by atoms with Crippen LogP contribution in [-0.4, -0.2) is 54.6 Å². The van der Waals surface area contributed by atoms with Gasteiger partial charge in [-0.2, -0.15) is 0 Å². The Kier molecular flexibility index (Phi) is 8.18. The van der Waals surface area contributed by atoms with E-state index >= 15 is 0 Å². The Morgan fingerprint density at radius 1 is 1.38 bits per heavy atom. The van der Waals surface area contributed by atoms with Crippen LogP contribution in [0.25, 0.3) is 0 Å². The van der Waals surface area contributed by atoms with Crippen LogP contribution in [0.15, 0.2) is 0 Å². The summed E-state index contributed by atoms with van der Waals surface area (Å²) in [5.41, 5.74) is 0. The van der Waals surface area contributed by atoms with Crippen LogP contribution in [0.5, 0.6) is 0 Å². The lowest BCUT2D eigenvalue weighted by molar-refractivity contribution is -0.146. The van der Waals surface area contributed by atoms with E-state index < -0.39 is 18.1 Å². The van der Waals surface area contributed by atoms with Crippen LogP contribution < -0.4 is 10.6 Å². The number of rotatable bonds is 8. The molecule has 0 saturated heterocycles. The molecule has 0 aromatic heterocycles. The van der Waals surface area contributed by atoms with E-state index in [-0.39, 0.29) is 6.54 Å². The normalized spacial score (nSPS) is 11.9. The number of carbonyl (C=O) groups excluding carboxylic acids is 1. The Balaban J connectivity index is 3.41. The number of amides is 2. The molecule has 16 heavy (non-hydrogen) atoms. The van der Waals surface area contributed by atoms with Crippen molar-refractivity contribution in [2.24, 2.45) is 0 Å². The molecule has 0 unspecified atom stereocenters. The number of ether oxygens (including phenoxy) is 1. The number of carboxylic acids is 1. The average Bonchev–Trinajstić information content (AvgIpc) is 2.25. The van der Waals surface area contributed by atoms with Crippen LogP contribution in [0, 0.1) is 0 Å². The first-order valence-corrected chi connectivity index (χ1v) is 5.08. The van der Waals surface area contributed by atoms with Crippen LogP contribution in [0.4, 0.5) is 4.79 Å². The number of aliphatic hydroxyl groups is 1. The number of aliphatic hydroxyl groups excluding tert-OH is 1. The fourth-order valence-corrected chi connectivity index (χ4v) is 0.860. The van der Waals surface area contributed by atoms with E-state index in [2.05, 4.69) is 10.6 Å². The molecular weight excluding hydrogens is 216 g/mol. The molecule has 2 amide bonds. The summed E-state index contributed by atoms with van der Waals surface area (Å²) >= 11 is 0. The van der Waals surface area contributed by atoms with Crippen molar-refractivity contribution in [2.45, 2.75) is 19.4 Å². The summed E-state index contributed by atoms with van der Waals surface area (Å²) in [4.78, 5) is 21.2. The number of hydrogen-bond acceptors (Lipinski definition) is 4. The molecule has 0 fully saturated rings. The molecule has 0 aromatic carbocycles. The largest absolute Gasteiger partial charge is 0.479 e. The molecule has 0 radical (unpaired) electrons. The van der Waals surface area contributed by atoms with E-state index in [1.165, 1.54) is 0 Å². The molecule has 0 bridgehead atoms. The predicted molar refractivity (Wildman–Crippen MR) is 56.2 cm³/mol. The van der Waals surface area contributed by atoms with E-state index in [1.54, 1.807) is 0 Å². The van der Waals surface area contributed by atoms with Crippen LogP contribution in [-0.2, 0) is 9.53 Å². The first-order chi connectivity index (χ1) is 7.57. The van der Waals surface area contributed by atoms with E-state index in [9.17, 15) is 9.59 Å². The second kappa shape index (κ2) is 8.93. The van der Waals surface area contributed by atoms with Gasteiger partial charge in [-0.3, -0.25) is 0 Å². The minimum absolute atomic E-state index is 0.313. The second-order valence-electron chi connectivity index (χ2n) is 3.04. The summed E-state index contributed by atoms with van der Waals surface area (Å²) in [7, 11) is 0. The maximum Gasteiger partial charge on any atom is 0.334 e. The van der Waals surface area contributed by atoms with Gasteiger partial charge < -0.3 is 25.6 Å². The zero-order valence-corrected chi connectivity index (χ0v) is 9.23. The maximum atomic E-state index is 11.0. The van der Waals surface area contributed by atoms with E-state index in [0.717, 1.165) is 0 Å². The van der Waals surface area contributed by atoms with Crippen molar-refractivity contribution in [3.05, 3.63) is 0 Å². The van der Waals surface area contributed by atoms with Crippen molar-refractivity contribution in [1.29, 1.82) is 0 Å². The van der Waals surface area contributed by atoms with Gasteiger partial charge in [0, 0.05) is 19.8 Å². The Morgan fingerprint density at radius 3 is 2.62 bits per heavy atom. The molecule has 7 heteroatoms. The maximum absolute atomic E-state index is 11.0. The Labute approximate surface area is 93.8 Å². The summed E-state index contributed by atoms with van der Waals surface area (Å²) in [5.74, 6) is -1.36. The number of nitrogens with one attached hydrogen (secondary N) is 2. The van der Waals surface area contributed by atoms with E-state index in [0.29, 0.717) is 26.2 Å². The third-order valence-electron chi connectivity index (χ3n) is 1.70. The highest BCUT2D eigenvalue weighted by molar-refractivity contribution is 5.76. The number of hydrogen-bond donors (Lipinski definition) is 4. The lowest BCUT2D eigenvalue weighted by Crippen LogP contribution is -2.42. The summed E-state index contributed by atoms with van der Waals surface area (Å²) in [6.07, 6.45) is -0.892. The summed E-state index contributed by atoms with van der Waals surface area (Å²) in [6.45, 7) is 3.21. The van der Waals surface area contributed by atoms with Crippen LogP contribution in [0.1, 0.15) is 13.3 Å². The molecule has 7 nitrogen and oxygen atoms in total. The standard InChI is InChI=1S/C9H18N2O5/c1-2-16-5-3-4-10-9(15)11-6-7(12)8(13)14/h7,12H,2-6H2,1H3,(H,13,14)(H2,10,11,15)/t7-/m0/s1. The van der Waals surface area contributed by atoms with Crippen LogP contribution in [0.3, 0.4) is 0 Å². The Morgan fingerprint density at radius 2 is 2.06 bits per heavy atom. The smallest absolute Gasteiger partial charge is 0.334 e. The fraction of sp³-hybridized carbons (Fsp3) is 0.778. The van der Waals surface area contributed by atoms with Crippen LogP contribution in [0.2, 0.25) is 0 Å². The predicted octanol–water partition coefficient (Wildman–Crippen LogP) is -0.842. The minimum atomic E-state index is -1.57. The fourth-order valence-electron chi connectivity index (χ4n) is 0.860. The van der Waals surface area contributed by atoms with Crippen molar-refractivity contribution >= 4 is 12.0 Å². The van der Waals surface area contributed by atoms with Crippen LogP contribution >= 0.6 is 0 Å². The number of aliphatic carboxylic acids is 1. The number of carboxylic acid groups (broad SMARTS) is 1. The van der Waals surface area contributed by atoms with Gasteiger partial charge in [-0.15, -0.1) is 0 Å². The summed E-state index contributed by atoms with van der Waals surface area (Å²) < 4.78 is 5.06. The van der Waals surface area contributed by atoms with Gasteiger partial charge in [0.05, 0.1) is 6.54 Å². The summed E-state index contributed by atoms with van der Waals surface area (Å²) in [6, 6.07) is -0.503. The van der Waals surface area contributed by atoms with Gasteiger partial charge in [-0.05, 0) is 13.3 Å². The lowest BCUT2D eigenvalue weighted by Gasteiger charge is -2.09. The van der Waals surface area contributed by atoms with Gasteiger partial charge in [0.1, 0.15) is 0 Å². The van der Waals surface area contributed by atoms with E-state index in [4.69, 9.17) is 14.9 Å². The monoisotopic (exact) mass is 234 g/mol. The SMILES string of the molecule is CCOCCCNC(=O)NC[C@H](O)C(=O)O. The molecule has 0 heterocycles. The number of urea groups is 1. The highest BCUT2D eigenvalue weighted by Gasteiger charge is 2.13. The van der Waals surface area contributed by atoms with Crippen molar-refractivity contribution in [3.8, 4) is 0 Å². The van der Waals surface area contributed by atoms with Crippen molar-refractivity contribution in [3.63, 3.8) is 0 Å². The molecule has 0 aliphatic rings. The second-order valence-corrected chi connectivity index (χ2v) is 3.04. The van der Waals surface area contributed by atoms with Crippen molar-refractivity contribution in [2.75, 3.05) is 26.3 Å². The zero-order valence-electron chi connectivity index (χ0n) is 9.23. The quantitative estimate of drug-likeness (QED) is 0.409. The summed E-state index contributed by atoms with van der Waals surface area (Å²) in [5, 5.41) is 21.9. The highest BCUT2D eigenvalue weighted by Crippen LogP contribution is 1.82. The Hall–Kier alpha value is -1.34. The minimum Gasteiger partial charge on any atom is -0.479 e. The van der Waals surface area contributed by atoms with Gasteiger partial charge in [0.15, 0.2) is 6.10 Å². The van der Waals surface area contributed by atoms with Gasteiger partial charge in [0.25, 0.3) is 0 Å². The molecule has 0 saturated carbocycles. The zero-order chi connectivity index (χ0) is 12.4. The molecule has 0 aliphatic heterocycles. The topological polar surface area (TPSA) is 108 Å². The van der Waals surface area contributed by atoms with Gasteiger partial charge in [-0.25, -0.2) is 9.59 Å². The molecule has 0 spiro atoms.